The van der Waals surface area contributed by atoms with Gasteiger partial charge in [0.15, 0.2) is 0 Å². The maximum atomic E-state index is 12.8. The summed E-state index contributed by atoms with van der Waals surface area (Å²) in [4.78, 5) is 11.5. The summed E-state index contributed by atoms with van der Waals surface area (Å²) in [7, 11) is 0. The van der Waals surface area contributed by atoms with Gasteiger partial charge in [-0.2, -0.15) is 5.26 Å². The molecule has 0 aliphatic heterocycles. The van der Waals surface area contributed by atoms with E-state index >= 15 is 0 Å². The maximum absolute atomic E-state index is 12.8. The van der Waals surface area contributed by atoms with Crippen LogP contribution in [-0.4, -0.2) is 12.5 Å². The average molecular weight is 220 g/mol. The van der Waals surface area contributed by atoms with Gasteiger partial charge < -0.3 is 5.32 Å². The van der Waals surface area contributed by atoms with Crippen molar-refractivity contribution in [3.05, 3.63) is 35.6 Å². The molecular formula is C12H13FN2O. The van der Waals surface area contributed by atoms with Gasteiger partial charge in [-0.25, -0.2) is 4.39 Å². The summed E-state index contributed by atoms with van der Waals surface area (Å²) < 4.78 is 12.8. The molecular weight excluding hydrogens is 207 g/mol. The number of halogens is 1. The van der Waals surface area contributed by atoms with Gasteiger partial charge in [0.2, 0.25) is 0 Å². The molecule has 0 aromatic heterocycles. The number of rotatable bonds is 5. The van der Waals surface area contributed by atoms with Crippen molar-refractivity contribution in [2.75, 3.05) is 6.54 Å². The molecule has 0 fully saturated rings. The Bertz CT molecular complexity index is 398. The van der Waals surface area contributed by atoms with E-state index in [0.717, 1.165) is 12.8 Å². The fraction of sp³-hybridized carbons (Fsp3) is 0.333. The number of hydrogen-bond acceptors (Lipinski definition) is 2. The molecule has 0 atom stereocenters. The Kier molecular flexibility index (Phi) is 5.00. The van der Waals surface area contributed by atoms with Crippen molar-refractivity contribution in [2.45, 2.75) is 19.3 Å². The summed E-state index contributed by atoms with van der Waals surface area (Å²) in [6.07, 6.45) is 2.02. The van der Waals surface area contributed by atoms with Gasteiger partial charge in [0.05, 0.1) is 6.07 Å². The minimum absolute atomic E-state index is 0.281. The Balaban J connectivity index is 2.33. The lowest BCUT2D eigenvalue weighted by Gasteiger charge is -2.04. The highest BCUT2D eigenvalue weighted by atomic mass is 19.1. The number of carbonyl (C=O) groups is 1. The van der Waals surface area contributed by atoms with Gasteiger partial charge in [-0.1, -0.05) is 6.07 Å². The second-order valence-electron chi connectivity index (χ2n) is 3.38. The molecule has 1 rings (SSSR count). The molecule has 0 spiro atoms. The lowest BCUT2D eigenvalue weighted by Crippen LogP contribution is -2.24. The minimum Gasteiger partial charge on any atom is -0.352 e. The normalized spacial score (nSPS) is 9.50. The van der Waals surface area contributed by atoms with E-state index in [-0.39, 0.29) is 5.91 Å². The number of hydrogen-bond donors (Lipinski definition) is 1. The Labute approximate surface area is 93.9 Å². The Hall–Kier alpha value is -1.89. The Morgan fingerprint density at radius 1 is 1.44 bits per heavy atom. The zero-order valence-electron chi connectivity index (χ0n) is 8.87. The van der Waals surface area contributed by atoms with Gasteiger partial charge in [-0.3, -0.25) is 4.79 Å². The molecule has 0 bridgehead atoms. The number of carbonyl (C=O) groups excluding carboxylic acids is 1. The van der Waals surface area contributed by atoms with E-state index in [9.17, 15) is 9.18 Å². The summed E-state index contributed by atoms with van der Waals surface area (Å²) in [6, 6.07) is 7.59. The van der Waals surface area contributed by atoms with Gasteiger partial charge in [0, 0.05) is 18.5 Å². The molecule has 0 saturated heterocycles. The molecule has 1 amide bonds. The van der Waals surface area contributed by atoms with E-state index < -0.39 is 5.82 Å². The van der Waals surface area contributed by atoms with Crippen molar-refractivity contribution < 1.29 is 9.18 Å². The maximum Gasteiger partial charge on any atom is 0.251 e. The van der Waals surface area contributed by atoms with Crippen LogP contribution in [0.2, 0.25) is 0 Å². The third-order valence-electron chi connectivity index (χ3n) is 2.09. The molecule has 0 unspecified atom stereocenters. The van der Waals surface area contributed by atoms with Crippen LogP contribution >= 0.6 is 0 Å². The molecule has 0 heterocycles. The Morgan fingerprint density at radius 3 is 2.94 bits per heavy atom. The Morgan fingerprint density at radius 2 is 2.25 bits per heavy atom. The molecule has 0 radical (unpaired) electrons. The van der Waals surface area contributed by atoms with Crippen molar-refractivity contribution >= 4 is 5.91 Å². The van der Waals surface area contributed by atoms with E-state index in [2.05, 4.69) is 5.32 Å². The van der Waals surface area contributed by atoms with Gasteiger partial charge in [0.1, 0.15) is 5.82 Å². The molecule has 1 N–H and O–H groups in total. The first-order valence-corrected chi connectivity index (χ1v) is 5.15. The first kappa shape index (κ1) is 12.2. The fourth-order valence-corrected chi connectivity index (χ4v) is 1.26. The predicted octanol–water partition coefficient (Wildman–Crippen LogP) is 2.25. The number of unbranched alkanes of at least 4 members (excludes halogenated alkanes) is 2. The van der Waals surface area contributed by atoms with Crippen LogP contribution < -0.4 is 5.32 Å². The summed E-state index contributed by atoms with van der Waals surface area (Å²) in [5, 5.41) is 11.0. The molecule has 3 nitrogen and oxygen atoms in total. The largest absolute Gasteiger partial charge is 0.352 e. The summed E-state index contributed by atoms with van der Waals surface area (Å²) in [5.41, 5.74) is 0.320. The molecule has 0 saturated carbocycles. The quantitative estimate of drug-likeness (QED) is 0.774. The van der Waals surface area contributed by atoms with Crippen LogP contribution in [0.1, 0.15) is 29.6 Å². The number of amides is 1. The predicted molar refractivity (Wildman–Crippen MR) is 58.2 cm³/mol. The van der Waals surface area contributed by atoms with Crippen molar-refractivity contribution in [1.29, 1.82) is 5.26 Å². The van der Waals surface area contributed by atoms with Crippen molar-refractivity contribution in [3.8, 4) is 6.07 Å². The lowest BCUT2D eigenvalue weighted by molar-refractivity contribution is 0.0952. The van der Waals surface area contributed by atoms with Crippen LogP contribution in [-0.2, 0) is 0 Å². The third-order valence-corrected chi connectivity index (χ3v) is 2.09. The van der Waals surface area contributed by atoms with E-state index in [4.69, 9.17) is 5.26 Å². The summed E-state index contributed by atoms with van der Waals surface area (Å²) in [6.45, 7) is 0.511. The van der Waals surface area contributed by atoms with Crippen LogP contribution in [0.3, 0.4) is 0 Å². The zero-order chi connectivity index (χ0) is 11.8. The van der Waals surface area contributed by atoms with E-state index in [1.54, 1.807) is 6.07 Å². The first-order chi connectivity index (χ1) is 7.74. The first-order valence-electron chi connectivity index (χ1n) is 5.15. The van der Waals surface area contributed by atoms with Crippen LogP contribution in [0.25, 0.3) is 0 Å². The van der Waals surface area contributed by atoms with Gasteiger partial charge in [0.25, 0.3) is 5.91 Å². The smallest absolute Gasteiger partial charge is 0.251 e. The van der Waals surface area contributed by atoms with E-state index in [1.165, 1.54) is 18.2 Å². The number of benzene rings is 1. The molecule has 84 valence electrons. The SMILES string of the molecule is N#CCCCCNC(=O)c1cccc(F)c1. The van der Waals surface area contributed by atoms with Crippen LogP contribution in [0, 0.1) is 17.1 Å². The fourth-order valence-electron chi connectivity index (χ4n) is 1.26. The average Bonchev–Trinajstić information content (AvgIpc) is 2.28. The monoisotopic (exact) mass is 220 g/mol. The lowest BCUT2D eigenvalue weighted by atomic mass is 10.2. The molecule has 1 aromatic rings. The molecule has 16 heavy (non-hydrogen) atoms. The highest BCUT2D eigenvalue weighted by Gasteiger charge is 2.04. The number of nitrogens with zero attached hydrogens (tertiary/aromatic N) is 1. The summed E-state index contributed by atoms with van der Waals surface area (Å²) in [5.74, 6) is -0.700. The third kappa shape index (κ3) is 4.09. The van der Waals surface area contributed by atoms with Crippen LogP contribution in [0.4, 0.5) is 4.39 Å². The second kappa shape index (κ2) is 6.57. The number of nitrogens with one attached hydrogen (secondary N) is 1. The molecule has 0 aliphatic rings. The van der Waals surface area contributed by atoms with Crippen molar-refractivity contribution in [1.82, 2.24) is 5.32 Å². The minimum atomic E-state index is -0.419. The van der Waals surface area contributed by atoms with Gasteiger partial charge in [-0.15, -0.1) is 0 Å². The van der Waals surface area contributed by atoms with Crippen molar-refractivity contribution in [2.24, 2.45) is 0 Å². The van der Waals surface area contributed by atoms with Crippen LogP contribution in [0.5, 0.6) is 0 Å². The van der Waals surface area contributed by atoms with Crippen molar-refractivity contribution in [3.63, 3.8) is 0 Å². The highest BCUT2D eigenvalue weighted by Crippen LogP contribution is 2.03. The van der Waals surface area contributed by atoms with E-state index in [0.29, 0.717) is 18.5 Å². The van der Waals surface area contributed by atoms with Gasteiger partial charge in [-0.05, 0) is 31.0 Å². The molecule has 4 heteroatoms. The summed E-state index contributed by atoms with van der Waals surface area (Å²) >= 11 is 0. The standard InChI is InChI=1S/C12H13FN2O/c13-11-6-4-5-10(9-11)12(16)15-8-3-1-2-7-14/h4-6,9H,1-3,8H2,(H,15,16). The van der Waals surface area contributed by atoms with Crippen LogP contribution in [0.15, 0.2) is 24.3 Å². The molecule has 1 aromatic carbocycles. The molecule has 0 aliphatic carbocycles. The number of nitriles is 1. The zero-order valence-corrected chi connectivity index (χ0v) is 8.87. The van der Waals surface area contributed by atoms with Gasteiger partial charge >= 0.3 is 0 Å². The second-order valence-corrected chi connectivity index (χ2v) is 3.38. The highest BCUT2D eigenvalue weighted by molar-refractivity contribution is 5.94. The topological polar surface area (TPSA) is 52.9 Å². The van der Waals surface area contributed by atoms with E-state index in [1.807, 2.05) is 6.07 Å².